The molecule has 10 heteroatoms. The van der Waals surface area contributed by atoms with Gasteiger partial charge in [0.05, 0.1) is 27.7 Å². The van der Waals surface area contributed by atoms with E-state index in [4.69, 9.17) is 18.5 Å². The molecular weight excluding hydrogens is 1160 g/mol. The zero-order valence-corrected chi connectivity index (χ0v) is 61.9. The van der Waals surface area contributed by atoms with E-state index in [0.29, 0.717) is 17.4 Å². The van der Waals surface area contributed by atoms with Gasteiger partial charge in [-0.05, 0) is 96.3 Å². The third-order valence-electron chi connectivity index (χ3n) is 17.1. The molecule has 2 atom stereocenters. The molecule has 0 heterocycles. The van der Waals surface area contributed by atoms with Crippen LogP contribution in [-0.2, 0) is 32.7 Å². The lowest BCUT2D eigenvalue weighted by Crippen LogP contribution is -2.37. The molecule has 92 heavy (non-hydrogen) atoms. The van der Waals surface area contributed by atoms with Crippen LogP contribution in [0.4, 0.5) is 0 Å². The highest BCUT2D eigenvalue weighted by molar-refractivity contribution is 7.45. The van der Waals surface area contributed by atoms with E-state index in [1.807, 2.05) is 21.1 Å². The molecule has 0 radical (unpaired) electrons. The Morgan fingerprint density at radius 2 is 0.620 bits per heavy atom. The van der Waals surface area contributed by atoms with Crippen molar-refractivity contribution in [2.45, 2.75) is 367 Å². The van der Waals surface area contributed by atoms with E-state index >= 15 is 0 Å². The summed E-state index contributed by atoms with van der Waals surface area (Å²) in [5.74, 6) is -0.817. The third kappa shape index (κ3) is 76.0. The maximum atomic E-state index is 12.9. The normalized spacial score (nSPS) is 13.6. The molecule has 0 aliphatic heterocycles. The van der Waals surface area contributed by atoms with Gasteiger partial charge in [-0.25, -0.2) is 0 Å². The van der Waals surface area contributed by atoms with Gasteiger partial charge in [0.15, 0.2) is 6.10 Å². The minimum atomic E-state index is -4.65. The number of nitrogens with zero attached hydrogens (tertiary/aromatic N) is 1. The highest BCUT2D eigenvalue weighted by Crippen LogP contribution is 2.38. The van der Waals surface area contributed by atoms with E-state index in [0.717, 1.165) is 83.5 Å². The summed E-state index contributed by atoms with van der Waals surface area (Å²) in [6.07, 6.45) is 101. The molecule has 0 aliphatic carbocycles. The highest BCUT2D eigenvalue weighted by Gasteiger charge is 2.22. The van der Waals surface area contributed by atoms with Crippen molar-refractivity contribution >= 4 is 19.8 Å². The molecule has 0 fully saturated rings. The summed E-state index contributed by atoms with van der Waals surface area (Å²) in [6.45, 7) is 4.16. The Hall–Kier alpha value is -3.07. The van der Waals surface area contributed by atoms with Crippen LogP contribution in [0.3, 0.4) is 0 Å². The second-order valence-electron chi connectivity index (χ2n) is 27.3. The van der Waals surface area contributed by atoms with Crippen LogP contribution in [0.25, 0.3) is 0 Å². The Kier molecular flexibility index (Phi) is 69.8. The second kappa shape index (κ2) is 72.2. The summed E-state index contributed by atoms with van der Waals surface area (Å²) in [5, 5.41) is 0. The number of unbranched alkanes of at least 4 members (excludes halogenated alkanes) is 42. The largest absolute Gasteiger partial charge is 0.756 e. The molecule has 0 N–H and O–H groups in total. The van der Waals surface area contributed by atoms with Gasteiger partial charge in [0.1, 0.15) is 19.8 Å². The summed E-state index contributed by atoms with van der Waals surface area (Å²) < 4.78 is 34.4. The van der Waals surface area contributed by atoms with E-state index in [1.54, 1.807) is 0 Å². The minimum absolute atomic E-state index is 0.0308. The monoisotopic (exact) mass is 1310 g/mol. The van der Waals surface area contributed by atoms with Gasteiger partial charge in [-0.15, -0.1) is 0 Å². The Morgan fingerprint density at radius 1 is 0.348 bits per heavy atom. The van der Waals surface area contributed by atoms with Crippen molar-refractivity contribution in [3.05, 3.63) is 97.2 Å². The average molecular weight is 1310 g/mol. The van der Waals surface area contributed by atoms with Crippen molar-refractivity contribution in [2.75, 3.05) is 47.5 Å². The van der Waals surface area contributed by atoms with E-state index < -0.39 is 26.5 Å². The fraction of sp³-hybridized carbons (Fsp3) is 0.780. The van der Waals surface area contributed by atoms with Crippen molar-refractivity contribution in [2.24, 2.45) is 0 Å². The Labute approximate surface area is 570 Å². The molecule has 534 valence electrons. The first kappa shape index (κ1) is 88.9. The molecule has 0 aromatic rings. The molecular formula is C82H148NO8P. The van der Waals surface area contributed by atoms with Crippen molar-refractivity contribution in [3.8, 4) is 0 Å². The predicted molar refractivity (Wildman–Crippen MR) is 397 cm³/mol. The van der Waals surface area contributed by atoms with Crippen molar-refractivity contribution in [1.29, 1.82) is 0 Å². The lowest BCUT2D eigenvalue weighted by Gasteiger charge is -2.28. The van der Waals surface area contributed by atoms with E-state index in [9.17, 15) is 19.0 Å². The molecule has 0 aromatic heterocycles. The topological polar surface area (TPSA) is 111 Å². The average Bonchev–Trinajstić information content (AvgIpc) is 2.23. The summed E-state index contributed by atoms with van der Waals surface area (Å²) in [4.78, 5) is 38.1. The lowest BCUT2D eigenvalue weighted by molar-refractivity contribution is -0.870. The Bertz CT molecular complexity index is 1880. The van der Waals surface area contributed by atoms with E-state index in [1.165, 1.54) is 244 Å². The number of phosphoric acid groups is 1. The summed E-state index contributed by atoms with van der Waals surface area (Å²) in [6, 6.07) is 0. The lowest BCUT2D eigenvalue weighted by atomic mass is 10.0. The van der Waals surface area contributed by atoms with Crippen molar-refractivity contribution in [3.63, 3.8) is 0 Å². The van der Waals surface area contributed by atoms with E-state index in [2.05, 4.69) is 111 Å². The van der Waals surface area contributed by atoms with Gasteiger partial charge in [0.2, 0.25) is 0 Å². The molecule has 2 unspecified atom stereocenters. The number of esters is 2. The second-order valence-corrected chi connectivity index (χ2v) is 28.8. The minimum Gasteiger partial charge on any atom is -0.756 e. The molecule has 0 aliphatic rings. The zero-order chi connectivity index (χ0) is 66.9. The molecule has 0 bridgehead atoms. The molecule has 0 aromatic carbocycles. The maximum absolute atomic E-state index is 12.9. The first-order valence-corrected chi connectivity index (χ1v) is 40.4. The quantitative estimate of drug-likeness (QED) is 0.0195. The predicted octanol–water partition coefficient (Wildman–Crippen LogP) is 25.2. The van der Waals surface area contributed by atoms with Gasteiger partial charge >= 0.3 is 11.9 Å². The van der Waals surface area contributed by atoms with Gasteiger partial charge in [-0.2, -0.15) is 0 Å². The number of carbonyl (C=O) groups is 2. The van der Waals surface area contributed by atoms with Crippen LogP contribution in [0, 0.1) is 0 Å². The number of ether oxygens (including phenoxy) is 2. The molecule has 0 spiro atoms. The van der Waals surface area contributed by atoms with Crippen LogP contribution in [0.15, 0.2) is 97.2 Å². The first-order chi connectivity index (χ1) is 45.0. The van der Waals surface area contributed by atoms with Crippen molar-refractivity contribution in [1.82, 2.24) is 0 Å². The van der Waals surface area contributed by atoms with Crippen molar-refractivity contribution < 1.29 is 42.1 Å². The smallest absolute Gasteiger partial charge is 0.306 e. The summed E-state index contributed by atoms with van der Waals surface area (Å²) >= 11 is 0. The number of hydrogen-bond acceptors (Lipinski definition) is 8. The maximum Gasteiger partial charge on any atom is 0.306 e. The number of phosphoric ester groups is 1. The number of quaternary nitrogens is 1. The van der Waals surface area contributed by atoms with Gasteiger partial charge in [0.25, 0.3) is 7.82 Å². The van der Waals surface area contributed by atoms with E-state index in [-0.39, 0.29) is 32.0 Å². The van der Waals surface area contributed by atoms with Gasteiger partial charge in [-0.3, -0.25) is 14.2 Å². The third-order valence-corrected chi connectivity index (χ3v) is 18.1. The number of rotatable bonds is 72. The fourth-order valence-corrected chi connectivity index (χ4v) is 11.9. The first-order valence-electron chi connectivity index (χ1n) is 38.9. The van der Waals surface area contributed by atoms with Crippen LogP contribution in [0.1, 0.15) is 361 Å². The summed E-state index contributed by atoms with van der Waals surface area (Å²) in [7, 11) is 1.18. The number of allylic oxidation sites excluding steroid dienone is 16. The van der Waals surface area contributed by atoms with Crippen LogP contribution in [0.5, 0.6) is 0 Å². The Morgan fingerprint density at radius 3 is 0.924 bits per heavy atom. The molecule has 9 nitrogen and oxygen atoms in total. The van der Waals surface area contributed by atoms with Gasteiger partial charge in [0, 0.05) is 12.8 Å². The molecule has 0 saturated carbocycles. The Balaban J connectivity index is 3.93. The highest BCUT2D eigenvalue weighted by atomic mass is 31.2. The van der Waals surface area contributed by atoms with Crippen LogP contribution >= 0.6 is 7.82 Å². The van der Waals surface area contributed by atoms with Crippen LogP contribution in [0.2, 0.25) is 0 Å². The summed E-state index contributed by atoms with van der Waals surface area (Å²) in [5.41, 5.74) is 0. The fourth-order valence-electron chi connectivity index (χ4n) is 11.2. The van der Waals surface area contributed by atoms with Gasteiger partial charge in [-0.1, -0.05) is 349 Å². The molecule has 0 saturated heterocycles. The van der Waals surface area contributed by atoms with Gasteiger partial charge < -0.3 is 27.9 Å². The molecule has 0 amide bonds. The number of likely N-dealkylation sites (N-methyl/N-ethyl adjacent to an activating group) is 1. The van der Waals surface area contributed by atoms with Crippen LogP contribution < -0.4 is 4.89 Å². The standard InChI is InChI=1S/C82H148NO8P/c1-6-8-10-12-14-16-18-20-22-24-26-28-30-32-34-35-36-37-38-39-40-41-42-43-44-45-46-47-49-51-53-55-57-59-61-63-65-67-69-71-73-75-82(85)91-80(79-90-92(86,87)89-77-76-83(3,4)5)78-88-81(84)74-72-70-68-66-64-62-60-58-56-54-52-50-48-33-31-29-27-25-23-21-19-17-15-13-11-9-7-2/h8,10,14,16,19-22,25-28,32,34,36-37,80H,6-7,9,11-13,15,17-18,23-24,29-31,33,35,38-79H2,1-5H3/b10-8-,16-14-,21-19-,22-20-,27-25-,28-26-,34-32-,37-36-. The number of hydrogen-bond donors (Lipinski definition) is 0. The number of carbonyl (C=O) groups excluding carboxylic acids is 2. The molecule has 0 rings (SSSR count). The SMILES string of the molecule is CC/C=C\C/C=C\C/C=C\C/C=C\C/C=C\C/C=C\CCCCCCCCCCCCCCCCCCCCCCCCC(=O)OC(COC(=O)CCCCCCCCCCCCCCCCC/C=C\C/C=C\CCCCCCC)COP(=O)([O-])OCC[N+](C)(C)C. The van der Waals surface area contributed by atoms with Crippen LogP contribution in [-0.4, -0.2) is 70.0 Å². The zero-order valence-electron chi connectivity index (χ0n) is 61.0.